The van der Waals surface area contributed by atoms with Crippen LogP contribution in [0, 0.1) is 0 Å². The molecule has 2 aromatic rings. The number of nitrogens with zero attached hydrogens (tertiary/aromatic N) is 4. The molecular weight excluding hydrogens is 188 g/mol. The van der Waals surface area contributed by atoms with Crippen LogP contribution in [0.3, 0.4) is 0 Å². The largest absolute Gasteiger partial charge is 0.233 e. The molecule has 3 radical (unpaired) electrons. The van der Waals surface area contributed by atoms with Gasteiger partial charge in [-0.3, -0.25) is 0 Å². The van der Waals surface area contributed by atoms with Crippen LogP contribution in [0.5, 0.6) is 0 Å². The predicted molar refractivity (Wildman–Crippen MR) is 49.5 cm³/mol. The summed E-state index contributed by atoms with van der Waals surface area (Å²) in [6.07, 6.45) is 2.58. The molecule has 0 spiro atoms. The molecule has 67 valence electrons. The van der Waals surface area contributed by atoms with E-state index in [0.29, 0.717) is 5.15 Å². The van der Waals surface area contributed by atoms with E-state index < -0.39 is 0 Å². The van der Waals surface area contributed by atoms with Crippen molar-refractivity contribution in [3.05, 3.63) is 29.2 Å². The maximum atomic E-state index is 5.94. The van der Waals surface area contributed by atoms with E-state index in [-0.39, 0.29) is 6.15 Å². The minimum absolute atomic E-state index is 0. The third kappa shape index (κ3) is 1.64. The van der Waals surface area contributed by atoms with E-state index in [1.165, 1.54) is 0 Å². The first kappa shape index (κ1) is 9.95. The van der Waals surface area contributed by atoms with Crippen LogP contribution in [0.2, 0.25) is 5.15 Å². The fourth-order valence-electron chi connectivity index (χ4n) is 1.10. The van der Waals surface area contributed by atoms with Gasteiger partial charge < -0.3 is 0 Å². The first-order valence-corrected chi connectivity index (χ1v) is 4.18. The monoisotopic (exact) mass is 195 g/mol. The van der Waals surface area contributed by atoms with Gasteiger partial charge in [-0.05, 0) is 12.5 Å². The molecule has 0 aliphatic carbocycles. The molecule has 13 heavy (non-hydrogen) atoms. The number of hydrogen-bond donors (Lipinski definition) is 0. The van der Waals surface area contributed by atoms with Gasteiger partial charge in [0.15, 0.2) is 5.65 Å². The Morgan fingerprint density at radius 2 is 2.31 bits per heavy atom. The zero-order valence-corrected chi connectivity index (χ0v) is 7.86. The molecule has 2 heterocycles. The summed E-state index contributed by atoms with van der Waals surface area (Å²) in [6, 6.07) is 3.67. The van der Waals surface area contributed by atoms with Crippen LogP contribution in [-0.4, -0.2) is 14.6 Å². The second kappa shape index (κ2) is 3.72. The smallest absolute Gasteiger partial charge is 0.156 e. The Morgan fingerprint density at radius 3 is 3.00 bits per heavy atom. The van der Waals surface area contributed by atoms with Crippen molar-refractivity contribution in [3.63, 3.8) is 0 Å². The topological polar surface area (TPSA) is 60.7 Å². The Morgan fingerprint density at radius 1 is 1.54 bits per heavy atom. The van der Waals surface area contributed by atoms with Crippen LogP contribution < -0.4 is 6.15 Å². The van der Waals surface area contributed by atoms with Gasteiger partial charge in [0.05, 0.1) is 6.20 Å². The van der Waals surface area contributed by atoms with Gasteiger partial charge in [-0.15, -0.1) is 0 Å². The summed E-state index contributed by atoms with van der Waals surface area (Å²) in [5, 5.41) is 4.63. The quantitative estimate of drug-likeness (QED) is 0.647. The first-order valence-electron chi connectivity index (χ1n) is 3.80. The molecule has 0 bridgehead atoms. The summed E-state index contributed by atoms with van der Waals surface area (Å²) >= 11 is 5.94. The lowest BCUT2D eigenvalue weighted by Gasteiger charge is -1.99. The van der Waals surface area contributed by atoms with Gasteiger partial charge in [0.2, 0.25) is 0 Å². The lowest BCUT2D eigenvalue weighted by Crippen LogP contribution is -1.95. The zero-order valence-electron chi connectivity index (χ0n) is 7.11. The Kier molecular flexibility index (Phi) is 2.85. The summed E-state index contributed by atoms with van der Waals surface area (Å²) in [5.41, 5.74) is 1.80. The van der Waals surface area contributed by atoms with Gasteiger partial charge in [-0.25, -0.2) is 9.50 Å². The second-order valence-electron chi connectivity index (χ2n) is 2.52. The molecule has 2 rings (SSSR count). The van der Waals surface area contributed by atoms with E-state index >= 15 is 0 Å². The third-order valence-corrected chi connectivity index (χ3v) is 2.00. The van der Waals surface area contributed by atoms with Gasteiger partial charge in [-0.2, -0.15) is 5.10 Å². The molecule has 0 saturated heterocycles. The van der Waals surface area contributed by atoms with Crippen LogP contribution >= 0.6 is 11.6 Å². The van der Waals surface area contributed by atoms with Crippen molar-refractivity contribution in [1.29, 1.82) is 0 Å². The SMILES string of the molecule is CCc1cc(Cl)n2nccc2n1.[N]. The van der Waals surface area contributed by atoms with Gasteiger partial charge in [-0.1, -0.05) is 18.5 Å². The minimum Gasteiger partial charge on any atom is -0.233 e. The molecule has 0 N–H and O–H groups in total. The Balaban J connectivity index is 0.000000845. The lowest BCUT2D eigenvalue weighted by molar-refractivity contribution is 0.913. The number of hydrogen-bond acceptors (Lipinski definition) is 2. The van der Waals surface area contributed by atoms with E-state index in [4.69, 9.17) is 11.6 Å². The van der Waals surface area contributed by atoms with Crippen molar-refractivity contribution in [2.24, 2.45) is 0 Å². The van der Waals surface area contributed by atoms with Gasteiger partial charge in [0, 0.05) is 17.9 Å². The maximum absolute atomic E-state index is 5.94. The first-order chi connectivity index (χ1) is 5.81. The highest BCUT2D eigenvalue weighted by Crippen LogP contribution is 2.12. The van der Waals surface area contributed by atoms with Crippen molar-refractivity contribution in [3.8, 4) is 0 Å². The van der Waals surface area contributed by atoms with Crippen molar-refractivity contribution in [2.45, 2.75) is 13.3 Å². The fraction of sp³-hybridized carbons (Fsp3) is 0.250. The number of fused-ring (bicyclic) bond motifs is 1. The Hall–Kier alpha value is -1.13. The van der Waals surface area contributed by atoms with Gasteiger partial charge in [0.1, 0.15) is 5.15 Å². The second-order valence-corrected chi connectivity index (χ2v) is 2.91. The van der Waals surface area contributed by atoms with Crippen molar-refractivity contribution in [2.75, 3.05) is 0 Å². The number of aromatic nitrogens is 3. The molecule has 0 aromatic carbocycles. The highest BCUT2D eigenvalue weighted by atomic mass is 35.5. The summed E-state index contributed by atoms with van der Waals surface area (Å²) < 4.78 is 1.61. The lowest BCUT2D eigenvalue weighted by atomic mass is 10.3. The minimum atomic E-state index is 0. The molecule has 4 nitrogen and oxygen atoms in total. The Labute approximate surface area is 81.1 Å². The number of halogens is 1. The van der Waals surface area contributed by atoms with E-state index in [9.17, 15) is 0 Å². The maximum Gasteiger partial charge on any atom is 0.156 e. The van der Waals surface area contributed by atoms with E-state index in [2.05, 4.69) is 10.1 Å². The normalized spacial score (nSPS) is 10.0. The van der Waals surface area contributed by atoms with E-state index in [1.54, 1.807) is 10.7 Å². The van der Waals surface area contributed by atoms with E-state index in [0.717, 1.165) is 17.8 Å². The number of aryl methyl sites for hydroxylation is 1. The molecule has 2 aromatic heterocycles. The summed E-state index contributed by atoms with van der Waals surface area (Å²) in [4.78, 5) is 4.33. The molecule has 0 aliphatic heterocycles. The molecule has 0 aliphatic rings. The molecule has 0 fully saturated rings. The zero-order chi connectivity index (χ0) is 8.55. The summed E-state index contributed by atoms with van der Waals surface area (Å²) in [7, 11) is 0. The fourth-order valence-corrected chi connectivity index (χ4v) is 1.36. The van der Waals surface area contributed by atoms with Gasteiger partial charge >= 0.3 is 0 Å². The Bertz CT molecular complexity index is 409. The molecule has 0 atom stereocenters. The van der Waals surface area contributed by atoms with Crippen LogP contribution in [0.25, 0.3) is 5.65 Å². The highest BCUT2D eigenvalue weighted by molar-refractivity contribution is 6.29. The van der Waals surface area contributed by atoms with Crippen LogP contribution in [-0.2, 0) is 6.42 Å². The number of rotatable bonds is 1. The standard InChI is InChI=1S/C8H8ClN3.N/c1-2-6-5-7(9)12-8(11-6)3-4-10-12;/h3-5H,2H2,1H3;. The highest BCUT2D eigenvalue weighted by Gasteiger charge is 2.01. The molecule has 0 unspecified atom stereocenters. The van der Waals surface area contributed by atoms with Crippen molar-refractivity contribution >= 4 is 17.2 Å². The van der Waals surface area contributed by atoms with Crippen molar-refractivity contribution in [1.82, 2.24) is 20.7 Å². The van der Waals surface area contributed by atoms with Crippen LogP contribution in [0.1, 0.15) is 12.6 Å². The van der Waals surface area contributed by atoms with Crippen LogP contribution in [0.4, 0.5) is 0 Å². The molecular formula is C8H8ClN4. The molecule has 5 heteroatoms. The predicted octanol–water partition coefficient (Wildman–Crippen LogP) is 1.46. The van der Waals surface area contributed by atoms with Crippen LogP contribution in [0.15, 0.2) is 18.3 Å². The van der Waals surface area contributed by atoms with Gasteiger partial charge in [0.25, 0.3) is 0 Å². The third-order valence-electron chi connectivity index (χ3n) is 1.73. The summed E-state index contributed by atoms with van der Waals surface area (Å²) in [5.74, 6) is 0. The molecule has 0 amide bonds. The average Bonchev–Trinajstić information content (AvgIpc) is 2.52. The average molecular weight is 196 g/mol. The summed E-state index contributed by atoms with van der Waals surface area (Å²) in [6.45, 7) is 2.05. The van der Waals surface area contributed by atoms with E-state index in [1.807, 2.05) is 19.1 Å². The molecule has 0 saturated carbocycles. The van der Waals surface area contributed by atoms with Crippen molar-refractivity contribution < 1.29 is 0 Å².